The van der Waals surface area contributed by atoms with Gasteiger partial charge in [0.2, 0.25) is 5.91 Å². The monoisotopic (exact) mass is 378 g/mol. The number of piperazine rings is 1. The second kappa shape index (κ2) is 9.80. The maximum atomic E-state index is 12.7. The number of ether oxygens (including phenoxy) is 3. The first kappa shape index (κ1) is 20.5. The molecule has 0 radical (unpaired) electrons. The molecular formula is C19H26N2O6. The van der Waals surface area contributed by atoms with Crippen LogP contribution in [0.4, 0.5) is 0 Å². The number of hydrogen-bond donors (Lipinski definition) is 0. The fourth-order valence-electron chi connectivity index (χ4n) is 2.91. The molecule has 2 rings (SSSR count). The van der Waals surface area contributed by atoms with Gasteiger partial charge in [-0.25, -0.2) is 0 Å². The molecule has 1 aromatic rings. The summed E-state index contributed by atoms with van der Waals surface area (Å²) in [5, 5.41) is 0. The maximum Gasteiger partial charge on any atom is 0.306 e. The number of amides is 2. The van der Waals surface area contributed by atoms with Gasteiger partial charge in [-0.15, -0.1) is 0 Å². The van der Waals surface area contributed by atoms with E-state index in [1.807, 2.05) is 0 Å². The van der Waals surface area contributed by atoms with Crippen LogP contribution in [0.5, 0.6) is 11.5 Å². The van der Waals surface area contributed by atoms with Crippen LogP contribution in [0, 0.1) is 0 Å². The van der Waals surface area contributed by atoms with E-state index in [2.05, 4.69) is 0 Å². The van der Waals surface area contributed by atoms with Crippen LogP contribution < -0.4 is 9.47 Å². The van der Waals surface area contributed by atoms with E-state index in [-0.39, 0.29) is 30.6 Å². The molecule has 0 bridgehead atoms. The highest BCUT2D eigenvalue weighted by atomic mass is 16.5. The van der Waals surface area contributed by atoms with E-state index >= 15 is 0 Å². The molecule has 2 amide bonds. The zero-order valence-electron chi connectivity index (χ0n) is 16.0. The molecule has 0 spiro atoms. The third kappa shape index (κ3) is 5.35. The van der Waals surface area contributed by atoms with Crippen LogP contribution in [0.15, 0.2) is 18.2 Å². The summed E-state index contributed by atoms with van der Waals surface area (Å²) in [6.07, 6.45) is 0.208. The molecule has 0 saturated carbocycles. The van der Waals surface area contributed by atoms with E-state index in [0.29, 0.717) is 49.8 Å². The minimum atomic E-state index is -0.367. The molecule has 8 nitrogen and oxygen atoms in total. The molecule has 1 aliphatic rings. The lowest BCUT2D eigenvalue weighted by atomic mass is 10.1. The lowest BCUT2D eigenvalue weighted by Gasteiger charge is -2.35. The van der Waals surface area contributed by atoms with Crippen molar-refractivity contribution in [2.24, 2.45) is 0 Å². The third-order valence-corrected chi connectivity index (χ3v) is 4.40. The summed E-state index contributed by atoms with van der Waals surface area (Å²) < 4.78 is 15.3. The molecule has 27 heavy (non-hydrogen) atoms. The number of rotatable bonds is 7. The molecular weight excluding hydrogens is 352 g/mol. The van der Waals surface area contributed by atoms with Gasteiger partial charge in [-0.1, -0.05) is 0 Å². The molecule has 0 N–H and O–H groups in total. The van der Waals surface area contributed by atoms with Crippen LogP contribution in [-0.4, -0.2) is 74.6 Å². The summed E-state index contributed by atoms with van der Waals surface area (Å²) in [4.78, 5) is 39.6. The van der Waals surface area contributed by atoms with E-state index in [9.17, 15) is 14.4 Å². The predicted octanol–water partition coefficient (Wildman–Crippen LogP) is 1.33. The third-order valence-electron chi connectivity index (χ3n) is 4.40. The summed E-state index contributed by atoms with van der Waals surface area (Å²) in [6.45, 7) is 3.82. The molecule has 1 aliphatic heterocycles. The summed E-state index contributed by atoms with van der Waals surface area (Å²) >= 11 is 0. The van der Waals surface area contributed by atoms with E-state index < -0.39 is 0 Å². The average molecular weight is 378 g/mol. The lowest BCUT2D eigenvalue weighted by Crippen LogP contribution is -2.50. The Hall–Kier alpha value is -2.77. The van der Waals surface area contributed by atoms with E-state index in [4.69, 9.17) is 14.2 Å². The van der Waals surface area contributed by atoms with Crippen molar-refractivity contribution < 1.29 is 28.6 Å². The van der Waals surface area contributed by atoms with Gasteiger partial charge in [0.1, 0.15) is 0 Å². The lowest BCUT2D eigenvalue weighted by molar-refractivity contribution is -0.146. The van der Waals surface area contributed by atoms with Crippen molar-refractivity contribution in [1.29, 1.82) is 0 Å². The van der Waals surface area contributed by atoms with Crippen molar-refractivity contribution in [3.8, 4) is 11.5 Å². The standard InChI is InChI=1S/C19H26N2O6/c1-4-27-18(23)8-7-17(22)20-9-11-21(12-10-20)19(24)14-5-6-15(25-2)16(13-14)26-3/h5-6,13H,4,7-12H2,1-3H3. The van der Waals surface area contributed by atoms with Gasteiger partial charge in [0.25, 0.3) is 5.91 Å². The molecule has 1 fully saturated rings. The van der Waals surface area contributed by atoms with Gasteiger partial charge < -0.3 is 24.0 Å². The molecule has 1 saturated heterocycles. The number of esters is 1. The van der Waals surface area contributed by atoms with Crippen LogP contribution in [0.2, 0.25) is 0 Å². The predicted molar refractivity (Wildman–Crippen MR) is 97.9 cm³/mol. The van der Waals surface area contributed by atoms with Crippen molar-refractivity contribution in [3.05, 3.63) is 23.8 Å². The van der Waals surface area contributed by atoms with Gasteiger partial charge >= 0.3 is 5.97 Å². The van der Waals surface area contributed by atoms with Gasteiger partial charge in [-0.3, -0.25) is 14.4 Å². The number of carbonyl (C=O) groups excluding carboxylic acids is 3. The van der Waals surface area contributed by atoms with Crippen molar-refractivity contribution in [1.82, 2.24) is 9.80 Å². The Bertz CT molecular complexity index is 683. The summed E-state index contributed by atoms with van der Waals surface area (Å²) in [7, 11) is 3.06. The summed E-state index contributed by atoms with van der Waals surface area (Å²) in [5.74, 6) is 0.478. The van der Waals surface area contributed by atoms with Gasteiger partial charge in [-0.05, 0) is 25.1 Å². The number of hydrogen-bond acceptors (Lipinski definition) is 6. The van der Waals surface area contributed by atoms with Gasteiger partial charge in [0.05, 0.1) is 27.2 Å². The highest BCUT2D eigenvalue weighted by Gasteiger charge is 2.25. The van der Waals surface area contributed by atoms with Crippen molar-refractivity contribution in [3.63, 3.8) is 0 Å². The highest BCUT2D eigenvalue weighted by Crippen LogP contribution is 2.28. The van der Waals surface area contributed by atoms with E-state index in [0.717, 1.165) is 0 Å². The molecule has 0 atom stereocenters. The number of methoxy groups -OCH3 is 2. The molecule has 0 aromatic heterocycles. The first-order chi connectivity index (χ1) is 13.0. The minimum Gasteiger partial charge on any atom is -0.493 e. The molecule has 148 valence electrons. The Morgan fingerprint density at radius 1 is 0.926 bits per heavy atom. The quantitative estimate of drug-likeness (QED) is 0.666. The topological polar surface area (TPSA) is 85.4 Å². The van der Waals surface area contributed by atoms with Crippen molar-refractivity contribution >= 4 is 17.8 Å². The minimum absolute atomic E-state index is 0.0808. The first-order valence-corrected chi connectivity index (χ1v) is 8.94. The zero-order chi connectivity index (χ0) is 19.8. The Labute approximate surface area is 159 Å². The van der Waals surface area contributed by atoms with Crippen LogP contribution in [0.25, 0.3) is 0 Å². The normalized spacial score (nSPS) is 13.9. The Morgan fingerprint density at radius 2 is 1.56 bits per heavy atom. The summed E-state index contributed by atoms with van der Waals surface area (Å²) in [6, 6.07) is 5.04. The van der Waals surface area contributed by atoms with Crippen LogP contribution in [0.3, 0.4) is 0 Å². The zero-order valence-corrected chi connectivity index (χ0v) is 16.0. The molecule has 0 unspecified atom stereocenters. The van der Waals surface area contributed by atoms with Crippen LogP contribution >= 0.6 is 0 Å². The highest BCUT2D eigenvalue weighted by molar-refractivity contribution is 5.95. The number of carbonyl (C=O) groups is 3. The van der Waals surface area contributed by atoms with E-state index in [1.165, 1.54) is 14.2 Å². The van der Waals surface area contributed by atoms with Crippen LogP contribution in [0.1, 0.15) is 30.1 Å². The smallest absolute Gasteiger partial charge is 0.306 e. The maximum absolute atomic E-state index is 12.7. The fraction of sp³-hybridized carbons (Fsp3) is 0.526. The average Bonchev–Trinajstić information content (AvgIpc) is 2.71. The second-order valence-corrected chi connectivity index (χ2v) is 6.05. The molecule has 8 heteroatoms. The Kier molecular flexibility index (Phi) is 7.45. The number of nitrogens with zero attached hydrogens (tertiary/aromatic N) is 2. The van der Waals surface area contributed by atoms with Gasteiger partial charge in [0.15, 0.2) is 11.5 Å². The largest absolute Gasteiger partial charge is 0.493 e. The summed E-state index contributed by atoms with van der Waals surface area (Å²) in [5.41, 5.74) is 0.509. The van der Waals surface area contributed by atoms with Crippen molar-refractivity contribution in [2.75, 3.05) is 47.0 Å². The first-order valence-electron chi connectivity index (χ1n) is 8.94. The SMILES string of the molecule is CCOC(=O)CCC(=O)N1CCN(C(=O)c2ccc(OC)c(OC)c2)CC1. The molecule has 0 aliphatic carbocycles. The number of benzene rings is 1. The van der Waals surface area contributed by atoms with E-state index in [1.54, 1.807) is 34.9 Å². The second-order valence-electron chi connectivity index (χ2n) is 6.05. The van der Waals surface area contributed by atoms with Gasteiger partial charge in [0, 0.05) is 38.2 Å². The Balaban J connectivity index is 1.88. The van der Waals surface area contributed by atoms with Gasteiger partial charge in [-0.2, -0.15) is 0 Å². The Morgan fingerprint density at radius 3 is 2.15 bits per heavy atom. The fourth-order valence-corrected chi connectivity index (χ4v) is 2.91. The van der Waals surface area contributed by atoms with Crippen LogP contribution in [-0.2, 0) is 14.3 Å². The van der Waals surface area contributed by atoms with Crippen molar-refractivity contribution in [2.45, 2.75) is 19.8 Å². The molecule has 1 aromatic carbocycles. The molecule has 1 heterocycles.